The Hall–Kier alpha value is -1.60. The van der Waals surface area contributed by atoms with E-state index in [1.807, 2.05) is 0 Å². The minimum Gasteiger partial charge on any atom is -0.480 e. The molecule has 0 rings (SSSR count). The van der Waals surface area contributed by atoms with E-state index in [4.69, 9.17) is 26.4 Å². The molecule has 13 nitrogen and oxygen atoms in total. The molecule has 0 aliphatic heterocycles. The Morgan fingerprint density at radius 3 is 1.62 bits per heavy atom. The number of carboxylic acids is 1. The minimum absolute atomic E-state index is 0.108. The van der Waals surface area contributed by atoms with Gasteiger partial charge in [0, 0.05) is 58.5 Å². The van der Waals surface area contributed by atoms with E-state index >= 15 is 0 Å². The van der Waals surface area contributed by atoms with Gasteiger partial charge in [-0.2, -0.15) is 0 Å². The predicted octanol–water partition coefficient (Wildman–Crippen LogP) is 1.85. The van der Waals surface area contributed by atoms with Gasteiger partial charge in [0.15, 0.2) is 0 Å². The Kier molecular flexibility index (Phi) is 24.1. The van der Waals surface area contributed by atoms with Crippen LogP contribution in [0.25, 0.3) is 0 Å². The van der Waals surface area contributed by atoms with Gasteiger partial charge in [-0.25, -0.2) is 9.36 Å². The fourth-order valence-corrected chi connectivity index (χ4v) is 4.64. The van der Waals surface area contributed by atoms with Gasteiger partial charge >= 0.3 is 13.8 Å². The molecule has 0 aliphatic carbocycles. The first kappa shape index (κ1) is 38.4. The van der Waals surface area contributed by atoms with E-state index in [2.05, 4.69) is 20.1 Å². The molecule has 2 amide bonds. The van der Waals surface area contributed by atoms with Crippen LogP contribution < -0.4 is 22.1 Å². The van der Waals surface area contributed by atoms with Gasteiger partial charge in [0.25, 0.3) is 0 Å². The fourth-order valence-electron chi connectivity index (χ4n) is 4.29. The summed E-state index contributed by atoms with van der Waals surface area (Å²) in [6, 6.07) is -1.24. The normalized spacial score (nSPS) is 12.4. The van der Waals surface area contributed by atoms with Crippen molar-refractivity contribution in [1.82, 2.24) is 15.5 Å². The van der Waals surface area contributed by atoms with Crippen LogP contribution in [0.3, 0.4) is 0 Å². The van der Waals surface area contributed by atoms with E-state index in [1.165, 1.54) is 25.7 Å². The van der Waals surface area contributed by atoms with E-state index in [0.29, 0.717) is 32.5 Å². The number of carbonyl (C=O) groups is 3. The second-order valence-electron chi connectivity index (χ2n) is 10.1. The molecule has 0 aromatic heterocycles. The van der Waals surface area contributed by atoms with E-state index in [0.717, 1.165) is 64.6 Å². The number of phosphoric ester groups is 1. The number of aliphatic carboxylic acids is 1. The van der Waals surface area contributed by atoms with Crippen molar-refractivity contribution in [2.75, 3.05) is 45.9 Å². The summed E-state index contributed by atoms with van der Waals surface area (Å²) in [5.74, 6) is -1.56. The van der Waals surface area contributed by atoms with E-state index in [9.17, 15) is 18.9 Å². The molecule has 0 radical (unpaired) electrons. The Balaban J connectivity index is 3.57. The van der Waals surface area contributed by atoms with Crippen LogP contribution in [0, 0.1) is 0 Å². The van der Waals surface area contributed by atoms with Crippen molar-refractivity contribution in [1.29, 1.82) is 0 Å². The Morgan fingerprint density at radius 1 is 0.750 bits per heavy atom. The van der Waals surface area contributed by atoms with E-state index in [1.54, 1.807) is 0 Å². The molecule has 0 bridgehead atoms. The van der Waals surface area contributed by atoms with Crippen LogP contribution in [0.15, 0.2) is 0 Å². The van der Waals surface area contributed by atoms with Crippen molar-refractivity contribution in [3.63, 3.8) is 0 Å². The van der Waals surface area contributed by atoms with Crippen LogP contribution in [0.4, 0.5) is 0 Å². The number of nitrogens with two attached hydrogens (primary N) is 2. The molecule has 0 saturated carbocycles. The Bertz CT molecular complexity index is 719. The summed E-state index contributed by atoms with van der Waals surface area (Å²) in [5.41, 5.74) is 11.2. The Morgan fingerprint density at radius 2 is 1.20 bits per heavy atom. The van der Waals surface area contributed by atoms with Crippen molar-refractivity contribution in [3.05, 3.63) is 0 Å². The van der Waals surface area contributed by atoms with Gasteiger partial charge in [-0.1, -0.05) is 64.2 Å². The molecule has 0 aromatic rings. The number of carboxylic acid groups (broad SMARTS) is 1. The van der Waals surface area contributed by atoms with Crippen LogP contribution in [-0.2, 0) is 23.5 Å². The number of unbranched alkanes of at least 4 members (excludes halogenated alkanes) is 11. The summed E-state index contributed by atoms with van der Waals surface area (Å²) < 4.78 is 14.9. The molecular weight excluding hydrogens is 541 g/mol. The molecule has 0 saturated heterocycles. The Labute approximate surface area is 239 Å². The zero-order chi connectivity index (χ0) is 30.1. The number of carbonyl (C=O) groups excluding carboxylic acids is 2. The number of hydrogen-bond donors (Lipinski definition) is 7. The smallest absolute Gasteiger partial charge is 0.469 e. The second-order valence-corrected chi connectivity index (χ2v) is 11.3. The highest BCUT2D eigenvalue weighted by molar-refractivity contribution is 7.46. The fraction of sp³-hybridized carbons (Fsp3) is 0.885. The minimum atomic E-state index is -4.67. The first-order chi connectivity index (χ1) is 19.1. The molecule has 0 aliphatic rings. The van der Waals surface area contributed by atoms with Gasteiger partial charge in [0.1, 0.15) is 6.04 Å². The van der Waals surface area contributed by atoms with Gasteiger partial charge in [-0.15, -0.1) is 0 Å². The summed E-state index contributed by atoms with van der Waals surface area (Å²) >= 11 is 0. The number of nitrogens with zero attached hydrogens (tertiary/aromatic N) is 1. The van der Waals surface area contributed by atoms with Gasteiger partial charge in [0.05, 0.1) is 6.61 Å². The van der Waals surface area contributed by atoms with Crippen LogP contribution in [0.2, 0.25) is 0 Å². The van der Waals surface area contributed by atoms with Crippen molar-refractivity contribution >= 4 is 25.6 Å². The monoisotopic (exact) mass is 595 g/mol. The standard InChI is InChI=1S/C26H54N5O8P/c27-16-19-31(20-17-28)21-18-29-24(32)13-11-9-7-5-3-1-2-4-6-8-10-12-14-25(33)30-23(26(34)35)15-22-39-40(36,37)38/h23H,1-22,27-28H2,(H,29,32)(H,30,33)(H,34,35)(H2,36,37,38). The second kappa shape index (κ2) is 25.1. The van der Waals surface area contributed by atoms with Gasteiger partial charge in [-0.05, 0) is 12.8 Å². The zero-order valence-electron chi connectivity index (χ0n) is 24.1. The first-order valence-corrected chi connectivity index (χ1v) is 16.2. The van der Waals surface area contributed by atoms with E-state index < -0.39 is 32.3 Å². The highest BCUT2D eigenvalue weighted by atomic mass is 31.2. The number of amides is 2. The van der Waals surface area contributed by atoms with Crippen molar-refractivity contribution in [3.8, 4) is 0 Å². The molecule has 1 unspecified atom stereocenters. The molecule has 0 aromatic carbocycles. The quantitative estimate of drug-likeness (QED) is 0.0511. The molecule has 40 heavy (non-hydrogen) atoms. The third kappa shape index (κ3) is 25.4. The number of nitrogens with one attached hydrogen (secondary N) is 2. The van der Waals surface area contributed by atoms with Crippen LogP contribution >= 0.6 is 7.82 Å². The summed E-state index contributed by atoms with van der Waals surface area (Å²) in [7, 11) is -4.67. The van der Waals surface area contributed by atoms with Gasteiger partial charge in [-0.3, -0.25) is 19.0 Å². The third-order valence-electron chi connectivity index (χ3n) is 6.50. The summed E-state index contributed by atoms with van der Waals surface area (Å²) in [6.07, 6.45) is 13.3. The molecule has 0 heterocycles. The van der Waals surface area contributed by atoms with Gasteiger partial charge < -0.3 is 37.0 Å². The topological polar surface area (TPSA) is 218 Å². The molecule has 236 valence electrons. The number of hydrogen-bond acceptors (Lipinski definition) is 8. The summed E-state index contributed by atoms with van der Waals surface area (Å²) in [6.45, 7) is 3.69. The molecule has 0 spiro atoms. The molecular formula is C26H54N5O8P. The largest absolute Gasteiger partial charge is 0.480 e. The lowest BCUT2D eigenvalue weighted by Crippen LogP contribution is -2.41. The van der Waals surface area contributed by atoms with Crippen molar-refractivity contribution < 1.29 is 38.4 Å². The summed E-state index contributed by atoms with van der Waals surface area (Å²) in [5, 5.41) is 14.5. The maximum absolute atomic E-state index is 12.0. The average molecular weight is 596 g/mol. The number of rotatable bonds is 28. The highest BCUT2D eigenvalue weighted by Crippen LogP contribution is 2.35. The SMILES string of the molecule is NCCN(CCN)CCNC(=O)CCCCCCCCCCCCCCC(=O)NC(CCOP(=O)(O)O)C(=O)O. The van der Waals surface area contributed by atoms with Gasteiger partial charge in [0.2, 0.25) is 11.8 Å². The predicted molar refractivity (Wildman–Crippen MR) is 154 cm³/mol. The van der Waals surface area contributed by atoms with Crippen LogP contribution in [0.5, 0.6) is 0 Å². The zero-order valence-corrected chi connectivity index (χ0v) is 25.0. The maximum atomic E-state index is 12.0. The highest BCUT2D eigenvalue weighted by Gasteiger charge is 2.22. The summed E-state index contributed by atoms with van der Waals surface area (Å²) in [4.78, 5) is 54.6. The maximum Gasteiger partial charge on any atom is 0.469 e. The van der Waals surface area contributed by atoms with Crippen LogP contribution in [-0.4, -0.2) is 89.5 Å². The lowest BCUT2D eigenvalue weighted by Gasteiger charge is -2.20. The van der Waals surface area contributed by atoms with E-state index in [-0.39, 0.29) is 18.7 Å². The lowest BCUT2D eigenvalue weighted by atomic mass is 10.0. The van der Waals surface area contributed by atoms with Crippen molar-refractivity contribution in [2.24, 2.45) is 11.5 Å². The molecule has 0 fully saturated rings. The first-order valence-electron chi connectivity index (χ1n) is 14.7. The lowest BCUT2D eigenvalue weighted by molar-refractivity contribution is -0.142. The van der Waals surface area contributed by atoms with Crippen LogP contribution in [0.1, 0.15) is 96.3 Å². The molecule has 9 N–H and O–H groups in total. The average Bonchev–Trinajstić information content (AvgIpc) is 2.87. The number of phosphoric acid groups is 1. The van der Waals surface area contributed by atoms with Crippen molar-refractivity contribution in [2.45, 2.75) is 102 Å². The third-order valence-corrected chi connectivity index (χ3v) is 7.02. The molecule has 1 atom stereocenters. The molecule has 14 heteroatoms.